The molecule has 0 heterocycles. The summed E-state index contributed by atoms with van der Waals surface area (Å²) in [7, 11) is 1.71. The fraction of sp³-hybridized carbons (Fsp3) is 0.566. The Kier molecular flexibility index (Phi) is 24.8. The molecule has 0 amide bonds. The predicted molar refractivity (Wildman–Crippen MR) is 358 cm³/mol. The van der Waals surface area contributed by atoms with Crippen molar-refractivity contribution in [1.29, 1.82) is 0 Å². The molecule has 5 atom stereocenters. The van der Waals surface area contributed by atoms with Crippen molar-refractivity contribution in [2.24, 2.45) is 23.7 Å². The molecule has 91 heavy (non-hydrogen) atoms. The number of benzene rings is 3. The maximum absolute atomic E-state index is 12.2. The molecule has 3 aromatic carbocycles. The van der Waals surface area contributed by atoms with E-state index in [2.05, 4.69) is 39.8 Å². The molecule has 8 bridgehead atoms. The van der Waals surface area contributed by atoms with Crippen LogP contribution in [0.5, 0.6) is 11.5 Å². The third kappa shape index (κ3) is 23.6. The van der Waals surface area contributed by atoms with Gasteiger partial charge in [0.25, 0.3) is 0 Å². The smallest absolute Gasteiger partial charge is 0.488 e. The van der Waals surface area contributed by atoms with Crippen LogP contribution in [-0.2, 0) is 47.5 Å². The van der Waals surface area contributed by atoms with Crippen molar-refractivity contribution >= 4 is 48.4 Å². The molecule has 0 spiro atoms. The van der Waals surface area contributed by atoms with Crippen LogP contribution in [0.4, 0.5) is 9.59 Å². The average Bonchev–Trinajstić information content (AvgIpc) is 0.731. The van der Waals surface area contributed by atoms with E-state index in [1.54, 1.807) is 78.1 Å². The molecule has 0 aliphatic heterocycles. The SMILES string of the molecule is C=C(C)C(=O)OC12CC3CC(C1)CC(OC(C)(CC)OC)(C3)C2.C=C(C)C(=O)OC12CC3CC(CC(OC(=O)OC(C)(C)C)(C3)C1)C2.C=Cc1ccc(C(=O)OC(C)(C)C)cc1.C=Cc1ccc(OC(=O)OC(C)(C)C)cc1.C=Cc1ccc(OC(C)(C)C)cc1. The first kappa shape index (κ1) is 74.8. The van der Waals surface area contributed by atoms with Gasteiger partial charge in [0.1, 0.15) is 50.7 Å². The third-order valence-electron chi connectivity index (χ3n) is 16.4. The minimum absolute atomic E-state index is 0.129. The lowest BCUT2D eigenvalue weighted by Crippen LogP contribution is -2.63. The summed E-state index contributed by atoms with van der Waals surface area (Å²) in [5.41, 5.74) is 1.19. The highest BCUT2D eigenvalue weighted by Gasteiger charge is 2.63. The van der Waals surface area contributed by atoms with Crippen LogP contribution in [0.1, 0.15) is 221 Å². The maximum Gasteiger partial charge on any atom is 0.514 e. The van der Waals surface area contributed by atoms with Gasteiger partial charge in [0, 0.05) is 31.1 Å². The first-order valence-electron chi connectivity index (χ1n) is 32.0. The van der Waals surface area contributed by atoms with E-state index in [1.165, 1.54) is 6.42 Å². The third-order valence-corrected chi connectivity index (χ3v) is 16.4. The number of methoxy groups -OCH3 is 1. The molecule has 11 rings (SSSR count). The summed E-state index contributed by atoms with van der Waals surface area (Å²) in [6.07, 6.45) is 16.0. The number of hydrogen-bond donors (Lipinski definition) is 0. The number of carbonyl (C=O) groups excluding carboxylic acids is 5. The summed E-state index contributed by atoms with van der Waals surface area (Å²) in [6, 6.07) is 22.1. The minimum Gasteiger partial charge on any atom is -0.488 e. The Labute approximate surface area is 543 Å². The molecular formula is C76H106O15. The lowest BCUT2D eigenvalue weighted by molar-refractivity contribution is -0.319. The molecule has 500 valence electrons. The molecule has 5 unspecified atom stereocenters. The molecule has 0 N–H and O–H groups in total. The molecule has 8 saturated carbocycles. The van der Waals surface area contributed by atoms with Crippen LogP contribution in [0.3, 0.4) is 0 Å². The van der Waals surface area contributed by atoms with Crippen LogP contribution in [-0.4, -0.2) is 87.9 Å². The Morgan fingerprint density at radius 3 is 1.15 bits per heavy atom. The van der Waals surface area contributed by atoms with E-state index in [1.807, 2.05) is 124 Å². The largest absolute Gasteiger partial charge is 0.514 e. The van der Waals surface area contributed by atoms with Crippen LogP contribution < -0.4 is 9.47 Å². The summed E-state index contributed by atoms with van der Waals surface area (Å²) >= 11 is 0. The Morgan fingerprint density at radius 2 is 0.813 bits per heavy atom. The Bertz CT molecular complexity index is 3000. The second kappa shape index (κ2) is 30.2. The van der Waals surface area contributed by atoms with Gasteiger partial charge in [-0.3, -0.25) is 0 Å². The molecular weight excluding hydrogens is 1150 g/mol. The number of esters is 3. The molecule has 15 nitrogen and oxygen atoms in total. The normalized spacial score (nSPS) is 25.3. The van der Waals surface area contributed by atoms with Gasteiger partial charge in [0.05, 0.1) is 11.2 Å². The number of carbonyl (C=O) groups is 5. The summed E-state index contributed by atoms with van der Waals surface area (Å²) in [6.45, 7) is 48.4. The number of ether oxygens (including phenoxy) is 10. The summed E-state index contributed by atoms with van der Waals surface area (Å²) < 4.78 is 56.1. The minimum atomic E-state index is -0.696. The van der Waals surface area contributed by atoms with Crippen molar-refractivity contribution in [2.75, 3.05) is 7.11 Å². The van der Waals surface area contributed by atoms with E-state index in [0.717, 1.165) is 93.1 Å². The topological polar surface area (TPSA) is 178 Å². The van der Waals surface area contributed by atoms with Gasteiger partial charge in [-0.25, -0.2) is 24.0 Å². The molecule has 0 aromatic heterocycles. The first-order valence-corrected chi connectivity index (χ1v) is 32.0. The van der Waals surface area contributed by atoms with Crippen LogP contribution >= 0.6 is 0 Å². The van der Waals surface area contributed by atoms with Crippen LogP contribution in [0.15, 0.2) is 117 Å². The molecule has 8 aliphatic rings. The van der Waals surface area contributed by atoms with E-state index < -0.39 is 46.1 Å². The summed E-state index contributed by atoms with van der Waals surface area (Å²) in [5.74, 6) is 1.95. The highest BCUT2D eigenvalue weighted by molar-refractivity contribution is 5.90. The zero-order valence-electron chi connectivity index (χ0n) is 57.8. The van der Waals surface area contributed by atoms with Crippen molar-refractivity contribution < 1.29 is 71.3 Å². The molecule has 3 aromatic rings. The van der Waals surface area contributed by atoms with Gasteiger partial charge in [-0.15, -0.1) is 0 Å². The zero-order valence-corrected chi connectivity index (χ0v) is 57.8. The second-order valence-electron chi connectivity index (χ2n) is 30.0. The molecule has 0 radical (unpaired) electrons. The van der Waals surface area contributed by atoms with Crippen LogP contribution in [0.2, 0.25) is 0 Å². The Balaban J connectivity index is 0.000000211. The fourth-order valence-corrected chi connectivity index (χ4v) is 13.6. The fourth-order valence-electron chi connectivity index (χ4n) is 13.6. The van der Waals surface area contributed by atoms with Crippen molar-refractivity contribution in [3.8, 4) is 11.5 Å². The van der Waals surface area contributed by atoms with Crippen LogP contribution in [0.25, 0.3) is 18.2 Å². The predicted octanol–water partition coefficient (Wildman–Crippen LogP) is 18.6. The number of hydrogen-bond acceptors (Lipinski definition) is 15. The highest BCUT2D eigenvalue weighted by atomic mass is 16.7. The van der Waals surface area contributed by atoms with E-state index >= 15 is 0 Å². The van der Waals surface area contributed by atoms with Crippen molar-refractivity contribution in [1.82, 2.24) is 0 Å². The number of rotatable bonds is 15. The second-order valence-corrected chi connectivity index (χ2v) is 30.0. The van der Waals surface area contributed by atoms with E-state index in [-0.39, 0.29) is 34.7 Å². The van der Waals surface area contributed by atoms with Gasteiger partial charge < -0.3 is 47.4 Å². The van der Waals surface area contributed by atoms with Crippen molar-refractivity contribution in [3.05, 3.63) is 139 Å². The Hall–Kier alpha value is -6.97. The van der Waals surface area contributed by atoms with Gasteiger partial charge in [-0.1, -0.05) is 94.4 Å². The molecule has 8 aliphatic carbocycles. The van der Waals surface area contributed by atoms with E-state index in [9.17, 15) is 24.0 Å². The lowest BCUT2D eigenvalue weighted by Gasteiger charge is -2.61. The molecule has 8 fully saturated rings. The molecule has 0 saturated heterocycles. The zero-order chi connectivity index (χ0) is 68.2. The van der Waals surface area contributed by atoms with Crippen molar-refractivity contribution in [3.63, 3.8) is 0 Å². The van der Waals surface area contributed by atoms with Gasteiger partial charge in [0.2, 0.25) is 0 Å². The maximum atomic E-state index is 12.2. The van der Waals surface area contributed by atoms with Crippen LogP contribution in [0, 0.1) is 23.7 Å². The first-order chi connectivity index (χ1) is 42.1. The van der Waals surface area contributed by atoms with E-state index in [4.69, 9.17) is 47.4 Å². The quantitative estimate of drug-likeness (QED) is 0.0461. The Morgan fingerprint density at radius 1 is 0.473 bits per heavy atom. The standard InChI is InChI=1S/C19H28O5.C19H30O4.C13H16O3.C13H16O2.C12H16O/c1-12(2)15(20)22-18-7-13-6-14(8-18)10-19(9-13,11-18)24-16(21)23-17(3,4)5;1-6-17(4,21-5)23-19-10-14-7-15(11-19)9-18(8-14,12-19)22-16(20)13(2)3;1-5-10-6-8-11(9-7-10)15-12(14)16-13(2,3)4;1-5-10-6-8-11(9-7-10)12(14)15-13(2,3)4;1-5-10-6-8-11(9-7-10)13-12(2,3)4/h13-14H,1,6-11H2,2-5H3;14-15H,2,6-12H2,1,3-5H3;5-9H,1H2,2-4H3;5-9H,1H2,2-4H3;5-9H,1H2,2-4H3. The van der Waals surface area contributed by atoms with Gasteiger partial charge >= 0.3 is 30.2 Å². The van der Waals surface area contributed by atoms with E-state index in [0.29, 0.717) is 52.6 Å². The molecule has 15 heteroatoms. The monoisotopic (exact) mass is 1260 g/mol. The van der Waals surface area contributed by atoms with Gasteiger partial charge in [-0.05, 0) is 251 Å². The highest BCUT2D eigenvalue weighted by Crippen LogP contribution is 2.62. The summed E-state index contributed by atoms with van der Waals surface area (Å²) in [5, 5.41) is 0. The van der Waals surface area contributed by atoms with Gasteiger partial charge in [-0.2, -0.15) is 0 Å². The average molecular weight is 1260 g/mol. The van der Waals surface area contributed by atoms with Crippen molar-refractivity contribution in [2.45, 2.75) is 245 Å². The lowest BCUT2D eigenvalue weighted by atomic mass is 9.52. The van der Waals surface area contributed by atoms with Gasteiger partial charge in [0.15, 0.2) is 5.79 Å². The summed E-state index contributed by atoms with van der Waals surface area (Å²) in [4.78, 5) is 59.4.